The number of hydrogen-bond donors (Lipinski definition) is 2. The highest BCUT2D eigenvalue weighted by atomic mass is 19.1. The molecule has 0 saturated heterocycles. The Morgan fingerprint density at radius 1 is 1.40 bits per heavy atom. The molecular formula is C11H15FN2O. The van der Waals surface area contributed by atoms with Crippen LogP contribution in [0.5, 0.6) is 0 Å². The van der Waals surface area contributed by atoms with E-state index >= 15 is 0 Å². The van der Waals surface area contributed by atoms with E-state index in [4.69, 9.17) is 0 Å². The Labute approximate surface area is 88.7 Å². The number of carbonyl (C=O) groups is 1. The van der Waals surface area contributed by atoms with Crippen LogP contribution in [-0.4, -0.2) is 19.3 Å². The second kappa shape index (κ2) is 5.34. The highest BCUT2D eigenvalue weighted by Gasteiger charge is 2.04. The van der Waals surface area contributed by atoms with Crippen molar-refractivity contribution in [3.05, 3.63) is 29.3 Å². The molecule has 0 spiro atoms. The molecule has 0 unspecified atom stereocenters. The standard InChI is InChI=1S/C11H15FN2O/c1-8-4-3-5-10(9(8)2)14-11(15)13-7-6-12/h3-5H,6-7H2,1-2H3,(H2,13,14,15). The minimum atomic E-state index is -0.555. The van der Waals surface area contributed by atoms with Gasteiger partial charge in [0.15, 0.2) is 0 Å². The summed E-state index contributed by atoms with van der Waals surface area (Å²) in [5.74, 6) is 0. The van der Waals surface area contributed by atoms with Gasteiger partial charge in [-0.05, 0) is 31.0 Å². The average molecular weight is 210 g/mol. The number of amides is 2. The van der Waals surface area contributed by atoms with Crippen LogP contribution in [0, 0.1) is 13.8 Å². The van der Waals surface area contributed by atoms with Gasteiger partial charge < -0.3 is 10.6 Å². The summed E-state index contributed by atoms with van der Waals surface area (Å²) < 4.78 is 11.8. The van der Waals surface area contributed by atoms with Crippen LogP contribution in [-0.2, 0) is 0 Å². The Bertz CT molecular complexity index is 352. The second-order valence-corrected chi connectivity index (χ2v) is 3.32. The van der Waals surface area contributed by atoms with E-state index in [1.54, 1.807) is 0 Å². The van der Waals surface area contributed by atoms with E-state index < -0.39 is 6.67 Å². The SMILES string of the molecule is Cc1cccc(NC(=O)NCCF)c1C. The number of rotatable bonds is 3. The van der Waals surface area contributed by atoms with Crippen molar-refractivity contribution in [3.63, 3.8) is 0 Å². The van der Waals surface area contributed by atoms with Crippen molar-refractivity contribution >= 4 is 11.7 Å². The van der Waals surface area contributed by atoms with Gasteiger partial charge in [-0.2, -0.15) is 0 Å². The van der Waals surface area contributed by atoms with Crippen molar-refractivity contribution in [3.8, 4) is 0 Å². The third-order valence-corrected chi connectivity index (χ3v) is 2.23. The summed E-state index contributed by atoms with van der Waals surface area (Å²) in [7, 11) is 0. The number of carbonyl (C=O) groups excluding carboxylic acids is 1. The first-order valence-electron chi connectivity index (χ1n) is 4.82. The van der Waals surface area contributed by atoms with Gasteiger partial charge in [0.05, 0.1) is 0 Å². The predicted octanol–water partition coefficient (Wildman–Crippen LogP) is 2.39. The number of hydrogen-bond acceptors (Lipinski definition) is 1. The fourth-order valence-electron chi connectivity index (χ4n) is 1.21. The van der Waals surface area contributed by atoms with Crippen LogP contribution in [0.25, 0.3) is 0 Å². The Balaban J connectivity index is 2.64. The second-order valence-electron chi connectivity index (χ2n) is 3.32. The lowest BCUT2D eigenvalue weighted by Gasteiger charge is -2.10. The molecular weight excluding hydrogens is 195 g/mol. The number of halogens is 1. The third-order valence-electron chi connectivity index (χ3n) is 2.23. The highest BCUT2D eigenvalue weighted by Crippen LogP contribution is 2.17. The molecule has 82 valence electrons. The molecule has 1 rings (SSSR count). The smallest absolute Gasteiger partial charge is 0.319 e. The van der Waals surface area contributed by atoms with Crippen molar-refractivity contribution in [2.45, 2.75) is 13.8 Å². The number of anilines is 1. The van der Waals surface area contributed by atoms with Crippen molar-refractivity contribution in [2.24, 2.45) is 0 Å². The van der Waals surface area contributed by atoms with Crippen LogP contribution in [0.15, 0.2) is 18.2 Å². The van der Waals surface area contributed by atoms with Crippen molar-refractivity contribution in [2.75, 3.05) is 18.5 Å². The maximum Gasteiger partial charge on any atom is 0.319 e. The van der Waals surface area contributed by atoms with E-state index in [2.05, 4.69) is 10.6 Å². The van der Waals surface area contributed by atoms with E-state index in [0.29, 0.717) is 0 Å². The molecule has 1 aromatic rings. The van der Waals surface area contributed by atoms with Crippen LogP contribution < -0.4 is 10.6 Å². The van der Waals surface area contributed by atoms with Gasteiger partial charge in [-0.3, -0.25) is 0 Å². The van der Waals surface area contributed by atoms with E-state index in [0.717, 1.165) is 16.8 Å². The average Bonchev–Trinajstić information content (AvgIpc) is 2.22. The van der Waals surface area contributed by atoms with Gasteiger partial charge in [0.1, 0.15) is 6.67 Å². The van der Waals surface area contributed by atoms with E-state index in [-0.39, 0.29) is 12.6 Å². The molecule has 4 heteroatoms. The number of nitrogens with one attached hydrogen (secondary N) is 2. The minimum Gasteiger partial charge on any atom is -0.335 e. The molecule has 0 aliphatic carbocycles. The van der Waals surface area contributed by atoms with E-state index in [9.17, 15) is 9.18 Å². The summed E-state index contributed by atoms with van der Waals surface area (Å²) in [5, 5.41) is 5.07. The molecule has 15 heavy (non-hydrogen) atoms. The summed E-state index contributed by atoms with van der Waals surface area (Å²) in [6.45, 7) is 3.39. The van der Waals surface area contributed by atoms with Gasteiger partial charge in [0.2, 0.25) is 0 Å². The van der Waals surface area contributed by atoms with E-state index in [1.165, 1.54) is 0 Å². The lowest BCUT2D eigenvalue weighted by molar-refractivity contribution is 0.251. The van der Waals surface area contributed by atoms with Crippen molar-refractivity contribution in [1.82, 2.24) is 5.32 Å². The molecule has 0 aromatic heterocycles. The van der Waals surface area contributed by atoms with Crippen LogP contribution in [0.4, 0.5) is 14.9 Å². The molecule has 0 atom stereocenters. The number of alkyl halides is 1. The summed E-state index contributed by atoms with van der Waals surface area (Å²) in [4.78, 5) is 11.2. The maximum atomic E-state index is 11.8. The van der Waals surface area contributed by atoms with Gasteiger partial charge >= 0.3 is 6.03 Å². The molecule has 0 aliphatic heterocycles. The first kappa shape index (κ1) is 11.5. The zero-order chi connectivity index (χ0) is 11.3. The maximum absolute atomic E-state index is 11.8. The van der Waals surface area contributed by atoms with Crippen molar-refractivity contribution in [1.29, 1.82) is 0 Å². The van der Waals surface area contributed by atoms with Crippen LogP contribution in [0.1, 0.15) is 11.1 Å². The first-order valence-corrected chi connectivity index (χ1v) is 4.82. The zero-order valence-electron chi connectivity index (χ0n) is 8.93. The summed E-state index contributed by atoms with van der Waals surface area (Å²) >= 11 is 0. The van der Waals surface area contributed by atoms with Gasteiger partial charge in [-0.15, -0.1) is 0 Å². The Morgan fingerprint density at radius 3 is 2.80 bits per heavy atom. The molecule has 3 nitrogen and oxygen atoms in total. The van der Waals surface area contributed by atoms with Gasteiger partial charge in [0, 0.05) is 12.2 Å². The number of urea groups is 1. The monoisotopic (exact) mass is 210 g/mol. The lowest BCUT2D eigenvalue weighted by atomic mass is 10.1. The molecule has 0 radical (unpaired) electrons. The van der Waals surface area contributed by atoms with Crippen LogP contribution in [0.2, 0.25) is 0 Å². The molecule has 0 bridgehead atoms. The van der Waals surface area contributed by atoms with Crippen LogP contribution >= 0.6 is 0 Å². The van der Waals surface area contributed by atoms with Crippen molar-refractivity contribution < 1.29 is 9.18 Å². The van der Waals surface area contributed by atoms with Gasteiger partial charge in [-0.1, -0.05) is 12.1 Å². The largest absolute Gasteiger partial charge is 0.335 e. The Kier molecular flexibility index (Phi) is 4.09. The van der Waals surface area contributed by atoms with Crippen LogP contribution in [0.3, 0.4) is 0 Å². The molecule has 0 aliphatic rings. The third kappa shape index (κ3) is 3.23. The molecule has 0 heterocycles. The number of aryl methyl sites for hydroxylation is 1. The zero-order valence-corrected chi connectivity index (χ0v) is 8.93. The lowest BCUT2D eigenvalue weighted by Crippen LogP contribution is -2.30. The predicted molar refractivity (Wildman–Crippen MR) is 58.9 cm³/mol. The quantitative estimate of drug-likeness (QED) is 0.790. The van der Waals surface area contributed by atoms with E-state index in [1.807, 2.05) is 32.0 Å². The molecule has 2 N–H and O–H groups in total. The highest BCUT2D eigenvalue weighted by molar-refractivity contribution is 5.90. The molecule has 2 amide bonds. The topological polar surface area (TPSA) is 41.1 Å². The van der Waals surface area contributed by atoms with Gasteiger partial charge in [-0.25, -0.2) is 9.18 Å². The van der Waals surface area contributed by atoms with Gasteiger partial charge in [0.25, 0.3) is 0 Å². The molecule has 1 aromatic carbocycles. The fourth-order valence-corrected chi connectivity index (χ4v) is 1.21. The minimum absolute atomic E-state index is 0.0384. The summed E-state index contributed by atoms with van der Waals surface area (Å²) in [5.41, 5.74) is 2.89. The summed E-state index contributed by atoms with van der Waals surface area (Å²) in [6.07, 6.45) is 0. The molecule has 0 saturated carbocycles. The first-order chi connectivity index (χ1) is 7.15. The Hall–Kier alpha value is -1.58. The summed E-state index contributed by atoms with van der Waals surface area (Å²) in [6, 6.07) is 5.28. The normalized spacial score (nSPS) is 9.80. The molecule has 0 fully saturated rings. The fraction of sp³-hybridized carbons (Fsp3) is 0.364. The Morgan fingerprint density at radius 2 is 2.13 bits per heavy atom. The number of benzene rings is 1.